The molecule has 74 valence electrons. The van der Waals surface area contributed by atoms with Crippen LogP contribution in [0.2, 0.25) is 0 Å². The number of carboxylic acids is 1. The SMILES string of the molecule is O=C(O)[C@]12CC1[C@@H](O)[C@@H](O)[C@H](O)C2. The topological polar surface area (TPSA) is 98.0 Å². The quantitative estimate of drug-likeness (QED) is 0.404. The molecule has 2 rings (SSSR count). The summed E-state index contributed by atoms with van der Waals surface area (Å²) in [4.78, 5) is 10.8. The van der Waals surface area contributed by atoms with Crippen LogP contribution in [-0.2, 0) is 4.79 Å². The van der Waals surface area contributed by atoms with Gasteiger partial charge in [0.15, 0.2) is 0 Å². The van der Waals surface area contributed by atoms with Crippen LogP contribution in [0.1, 0.15) is 12.8 Å². The van der Waals surface area contributed by atoms with Crippen LogP contribution >= 0.6 is 0 Å². The lowest BCUT2D eigenvalue weighted by atomic mass is 9.83. The Morgan fingerprint density at radius 1 is 1.15 bits per heavy atom. The lowest BCUT2D eigenvalue weighted by Gasteiger charge is -2.31. The molecule has 0 aromatic carbocycles. The average molecular weight is 188 g/mol. The predicted molar refractivity (Wildman–Crippen MR) is 40.8 cm³/mol. The van der Waals surface area contributed by atoms with Crippen molar-refractivity contribution in [2.75, 3.05) is 0 Å². The minimum atomic E-state index is -1.19. The summed E-state index contributed by atoms with van der Waals surface area (Å²) in [6.45, 7) is 0. The number of carbonyl (C=O) groups is 1. The second kappa shape index (κ2) is 2.43. The van der Waals surface area contributed by atoms with Crippen molar-refractivity contribution in [3.8, 4) is 0 Å². The molecule has 0 radical (unpaired) electrons. The molecule has 0 saturated heterocycles. The van der Waals surface area contributed by atoms with Crippen molar-refractivity contribution >= 4 is 5.97 Å². The number of rotatable bonds is 1. The Morgan fingerprint density at radius 2 is 1.77 bits per heavy atom. The molecule has 1 unspecified atom stereocenters. The maximum Gasteiger partial charge on any atom is 0.310 e. The smallest absolute Gasteiger partial charge is 0.310 e. The Hall–Kier alpha value is -0.650. The van der Waals surface area contributed by atoms with Gasteiger partial charge in [0.05, 0.1) is 17.6 Å². The predicted octanol–water partition coefficient (Wildman–Crippen LogP) is -1.44. The van der Waals surface area contributed by atoms with Gasteiger partial charge in [0.2, 0.25) is 0 Å². The molecule has 4 N–H and O–H groups in total. The van der Waals surface area contributed by atoms with Crippen LogP contribution in [0, 0.1) is 11.3 Å². The maximum absolute atomic E-state index is 10.8. The summed E-state index contributed by atoms with van der Waals surface area (Å²) in [5.41, 5.74) is -0.974. The zero-order chi connectivity index (χ0) is 9.80. The number of aliphatic hydroxyl groups is 3. The van der Waals surface area contributed by atoms with E-state index in [1.54, 1.807) is 0 Å². The van der Waals surface area contributed by atoms with Gasteiger partial charge in [-0.3, -0.25) is 4.79 Å². The molecule has 5 nitrogen and oxygen atoms in total. The average Bonchev–Trinajstić information content (AvgIpc) is 2.76. The van der Waals surface area contributed by atoms with E-state index in [-0.39, 0.29) is 12.3 Å². The summed E-state index contributed by atoms with van der Waals surface area (Å²) < 4.78 is 0. The van der Waals surface area contributed by atoms with E-state index in [1.165, 1.54) is 0 Å². The lowest BCUT2D eigenvalue weighted by molar-refractivity contribution is -0.155. The van der Waals surface area contributed by atoms with Gasteiger partial charge in [-0.1, -0.05) is 0 Å². The number of aliphatic carboxylic acids is 1. The van der Waals surface area contributed by atoms with Crippen molar-refractivity contribution in [1.82, 2.24) is 0 Å². The van der Waals surface area contributed by atoms with Gasteiger partial charge in [-0.05, 0) is 12.8 Å². The molecule has 0 aromatic heterocycles. The Balaban J connectivity index is 2.20. The molecule has 2 aliphatic rings. The molecule has 5 heteroatoms. The standard InChI is InChI=1S/C8H12O5/c9-4-2-8(7(12)13)1-3(8)5(10)6(4)11/h3-6,9-11H,1-2H2,(H,12,13)/t3?,4-,5-,6+,8+/m1/s1. The number of hydrogen-bond donors (Lipinski definition) is 4. The monoisotopic (exact) mass is 188 g/mol. The highest BCUT2D eigenvalue weighted by Crippen LogP contribution is 2.61. The van der Waals surface area contributed by atoms with Gasteiger partial charge in [0, 0.05) is 5.92 Å². The Kier molecular flexibility index (Phi) is 1.67. The van der Waals surface area contributed by atoms with Gasteiger partial charge in [-0.15, -0.1) is 0 Å². The van der Waals surface area contributed by atoms with Crippen LogP contribution in [0.25, 0.3) is 0 Å². The summed E-state index contributed by atoms with van der Waals surface area (Å²) in [6.07, 6.45) is -3.01. The Morgan fingerprint density at radius 3 is 2.31 bits per heavy atom. The van der Waals surface area contributed by atoms with Gasteiger partial charge in [-0.2, -0.15) is 0 Å². The van der Waals surface area contributed by atoms with E-state index in [9.17, 15) is 20.1 Å². The molecular formula is C8H12O5. The second-order valence-corrected chi connectivity index (χ2v) is 4.02. The van der Waals surface area contributed by atoms with Gasteiger partial charge in [-0.25, -0.2) is 0 Å². The van der Waals surface area contributed by atoms with Crippen LogP contribution in [0.15, 0.2) is 0 Å². The molecule has 2 saturated carbocycles. The molecule has 0 aromatic rings. The molecule has 0 amide bonds. The first kappa shape index (κ1) is 8.93. The van der Waals surface area contributed by atoms with Crippen molar-refractivity contribution in [2.24, 2.45) is 11.3 Å². The third kappa shape index (κ3) is 1.01. The molecule has 0 heterocycles. The Bertz CT molecular complexity index is 253. The zero-order valence-electron chi connectivity index (χ0n) is 6.92. The van der Waals surface area contributed by atoms with E-state index in [1.807, 2.05) is 0 Å². The molecule has 0 spiro atoms. The van der Waals surface area contributed by atoms with Crippen molar-refractivity contribution < 1.29 is 25.2 Å². The van der Waals surface area contributed by atoms with Gasteiger partial charge in [0.1, 0.15) is 6.10 Å². The van der Waals surface area contributed by atoms with Crippen molar-refractivity contribution in [2.45, 2.75) is 31.2 Å². The summed E-state index contributed by atoms with van der Waals surface area (Å²) in [7, 11) is 0. The zero-order valence-corrected chi connectivity index (χ0v) is 6.92. The van der Waals surface area contributed by atoms with Crippen molar-refractivity contribution in [3.63, 3.8) is 0 Å². The number of fused-ring (bicyclic) bond motifs is 1. The fourth-order valence-electron chi connectivity index (χ4n) is 2.31. The van der Waals surface area contributed by atoms with Crippen LogP contribution in [-0.4, -0.2) is 44.7 Å². The van der Waals surface area contributed by atoms with Gasteiger partial charge in [0.25, 0.3) is 0 Å². The molecule has 2 aliphatic carbocycles. The summed E-state index contributed by atoms with van der Waals surface area (Å²) >= 11 is 0. The van der Waals surface area contributed by atoms with Crippen LogP contribution in [0.3, 0.4) is 0 Å². The first-order chi connectivity index (χ1) is 5.99. The van der Waals surface area contributed by atoms with Crippen molar-refractivity contribution in [1.29, 1.82) is 0 Å². The van der Waals surface area contributed by atoms with Crippen LogP contribution < -0.4 is 0 Å². The van der Waals surface area contributed by atoms with Gasteiger partial charge >= 0.3 is 5.97 Å². The number of carboxylic acid groups (broad SMARTS) is 1. The first-order valence-electron chi connectivity index (χ1n) is 4.26. The van der Waals surface area contributed by atoms with Gasteiger partial charge < -0.3 is 20.4 Å². The highest BCUT2D eigenvalue weighted by atomic mass is 16.4. The third-order valence-electron chi connectivity index (χ3n) is 3.29. The maximum atomic E-state index is 10.8. The van der Waals surface area contributed by atoms with E-state index in [0.717, 1.165) is 0 Å². The van der Waals surface area contributed by atoms with E-state index >= 15 is 0 Å². The third-order valence-corrected chi connectivity index (χ3v) is 3.29. The fraction of sp³-hybridized carbons (Fsp3) is 0.875. The second-order valence-electron chi connectivity index (χ2n) is 4.02. The molecule has 13 heavy (non-hydrogen) atoms. The minimum absolute atomic E-state index is 0.0469. The number of hydrogen-bond acceptors (Lipinski definition) is 4. The minimum Gasteiger partial charge on any atom is -0.481 e. The number of aliphatic hydroxyl groups excluding tert-OH is 3. The van der Waals surface area contributed by atoms with Crippen LogP contribution in [0.5, 0.6) is 0 Å². The van der Waals surface area contributed by atoms with Crippen LogP contribution in [0.4, 0.5) is 0 Å². The molecule has 2 fully saturated rings. The van der Waals surface area contributed by atoms with E-state index in [0.29, 0.717) is 6.42 Å². The summed E-state index contributed by atoms with van der Waals surface area (Å²) in [5, 5.41) is 36.8. The highest BCUT2D eigenvalue weighted by Gasteiger charge is 2.68. The van der Waals surface area contributed by atoms with E-state index in [4.69, 9.17) is 5.11 Å². The molecule has 5 atom stereocenters. The first-order valence-corrected chi connectivity index (χ1v) is 4.26. The Labute approximate surface area is 74.6 Å². The fourth-order valence-corrected chi connectivity index (χ4v) is 2.31. The largest absolute Gasteiger partial charge is 0.481 e. The highest BCUT2D eigenvalue weighted by molar-refractivity contribution is 5.79. The summed E-state index contributed by atoms with van der Waals surface area (Å²) in [5.74, 6) is -1.37. The molecule has 0 aliphatic heterocycles. The molecule has 0 bridgehead atoms. The van der Waals surface area contributed by atoms with E-state index in [2.05, 4.69) is 0 Å². The molecular weight excluding hydrogens is 176 g/mol. The van der Waals surface area contributed by atoms with E-state index < -0.39 is 29.7 Å². The normalized spacial score (nSPS) is 54.1. The van der Waals surface area contributed by atoms with Crippen molar-refractivity contribution in [3.05, 3.63) is 0 Å². The summed E-state index contributed by atoms with van der Waals surface area (Å²) in [6, 6.07) is 0. The lowest BCUT2D eigenvalue weighted by Crippen LogP contribution is -2.47.